The number of amides is 1. The van der Waals surface area contributed by atoms with Crippen molar-refractivity contribution in [3.63, 3.8) is 0 Å². The minimum absolute atomic E-state index is 0.0530. The summed E-state index contributed by atoms with van der Waals surface area (Å²) in [6.07, 6.45) is 37.2. The lowest BCUT2D eigenvalue weighted by molar-refractivity contribution is -0.952. The van der Waals surface area contributed by atoms with E-state index in [4.69, 9.17) is 11.5 Å². The number of carbonyl (C=O) groups is 2. The van der Waals surface area contributed by atoms with Crippen molar-refractivity contribution < 1.29 is 24.3 Å². The molecule has 1 aliphatic carbocycles. The second kappa shape index (κ2) is 35.5. The zero-order valence-corrected chi connectivity index (χ0v) is 40.3. The number of carbonyl (C=O) groups excluding carboxylic acids is 2. The van der Waals surface area contributed by atoms with Crippen LogP contribution in [0.2, 0.25) is 0 Å². The van der Waals surface area contributed by atoms with Crippen LogP contribution in [0.25, 0.3) is 0 Å². The summed E-state index contributed by atoms with van der Waals surface area (Å²) in [5, 5.41) is 24.2. The molecule has 0 radical (unpaired) electrons. The van der Waals surface area contributed by atoms with Crippen molar-refractivity contribution in [1.82, 2.24) is 5.32 Å². The lowest BCUT2D eigenvalue weighted by atomic mass is 9.82. The highest BCUT2D eigenvalue weighted by Crippen LogP contribution is 2.28. The third-order valence-electron chi connectivity index (χ3n) is 14.2. The molecule has 0 heterocycles. The van der Waals surface area contributed by atoms with Crippen molar-refractivity contribution in [3.05, 3.63) is 11.6 Å². The van der Waals surface area contributed by atoms with Gasteiger partial charge in [-0.3, -0.25) is 14.6 Å². The molecule has 0 aromatic heterocycles. The first-order valence-corrected chi connectivity index (χ1v) is 25.6. The summed E-state index contributed by atoms with van der Waals surface area (Å²) < 4.78 is 0.944. The van der Waals surface area contributed by atoms with Gasteiger partial charge in [-0.1, -0.05) is 168 Å². The molecule has 60 heavy (non-hydrogen) atoms. The highest BCUT2D eigenvalue weighted by molar-refractivity contribution is 5.98. The number of aliphatic hydroxyl groups excluding tert-OH is 2. The van der Waals surface area contributed by atoms with Crippen molar-refractivity contribution >= 4 is 17.6 Å². The van der Waals surface area contributed by atoms with Crippen LogP contribution in [0.1, 0.15) is 234 Å². The van der Waals surface area contributed by atoms with Crippen LogP contribution in [0.5, 0.6) is 0 Å². The Kier molecular flexibility index (Phi) is 33.1. The Morgan fingerprint density at radius 2 is 1.12 bits per heavy atom. The fourth-order valence-electron chi connectivity index (χ4n) is 9.25. The Hall–Kier alpha value is -1.97. The van der Waals surface area contributed by atoms with Gasteiger partial charge in [0.15, 0.2) is 11.7 Å². The molecular formula is C51H100N5O4+. The van der Waals surface area contributed by atoms with Crippen LogP contribution >= 0.6 is 0 Å². The van der Waals surface area contributed by atoms with Crippen LogP contribution in [-0.4, -0.2) is 83.3 Å². The lowest BCUT2D eigenvalue weighted by Crippen LogP contribution is -2.59. The molecule has 0 fully saturated rings. The van der Waals surface area contributed by atoms with E-state index in [1.54, 1.807) is 13.0 Å². The molecule has 0 saturated heterocycles. The average Bonchev–Trinajstić information content (AvgIpc) is 3.22. The van der Waals surface area contributed by atoms with E-state index in [-0.39, 0.29) is 36.4 Å². The summed E-state index contributed by atoms with van der Waals surface area (Å²) in [6, 6.07) is 0.979. The van der Waals surface area contributed by atoms with E-state index in [9.17, 15) is 19.8 Å². The molecule has 0 aliphatic heterocycles. The summed E-state index contributed by atoms with van der Waals surface area (Å²) in [5.41, 5.74) is 11.5. The number of guanidine groups is 1. The van der Waals surface area contributed by atoms with Crippen LogP contribution in [0, 0.1) is 11.8 Å². The van der Waals surface area contributed by atoms with Gasteiger partial charge >= 0.3 is 0 Å². The molecule has 352 valence electrons. The van der Waals surface area contributed by atoms with Crippen molar-refractivity contribution in [2.75, 3.05) is 26.7 Å². The van der Waals surface area contributed by atoms with E-state index in [0.29, 0.717) is 43.6 Å². The molecule has 6 atom stereocenters. The topological polar surface area (TPSA) is 151 Å². The Morgan fingerprint density at radius 1 is 0.700 bits per heavy atom. The second-order valence-electron chi connectivity index (χ2n) is 19.4. The summed E-state index contributed by atoms with van der Waals surface area (Å²) in [4.78, 5) is 31.4. The Morgan fingerprint density at radius 3 is 1.53 bits per heavy atom. The summed E-state index contributed by atoms with van der Waals surface area (Å²) in [5.74, 6) is -1.03. The highest BCUT2D eigenvalue weighted by Gasteiger charge is 2.35. The minimum atomic E-state index is -0.871. The van der Waals surface area contributed by atoms with Gasteiger partial charge in [0.1, 0.15) is 0 Å². The smallest absolute Gasteiger partial charge is 0.223 e. The number of unbranched alkanes of at least 4 members (excludes halogenated alkanes) is 23. The predicted molar refractivity (Wildman–Crippen MR) is 256 cm³/mol. The molecule has 1 aliphatic rings. The standard InChI is InChI=1S/C51H99N5O4/c1-7-9-11-13-15-17-19-21-23-25-27-29-33-42(3)56(6,43(4)34-30-28-26-24-22-20-18-16-14-12-10-8-2)38-37-54-50(60)45(35-31-32-36-55-51(52)53)39-49(59)46-40-47(57)44(5)48(58)41-46/h40,42-45,47-48,57-58H,7-39,41H2,1-6H3,(H4-,52,53,54,55,60)/p+1/t42?,43?,44-,45-,47-,48-,56?/m1/s1. The Balaban J connectivity index is 2.82. The van der Waals surface area contributed by atoms with E-state index in [0.717, 1.165) is 17.4 Å². The Labute approximate surface area is 370 Å². The predicted octanol–water partition coefficient (Wildman–Crippen LogP) is 11.2. The van der Waals surface area contributed by atoms with Crippen LogP contribution < -0.4 is 16.8 Å². The molecule has 9 nitrogen and oxygen atoms in total. The fourth-order valence-corrected chi connectivity index (χ4v) is 9.25. The Bertz CT molecular complexity index is 1110. The molecule has 7 N–H and O–H groups in total. The fraction of sp³-hybridized carbons (Fsp3) is 0.902. The monoisotopic (exact) mass is 847 g/mol. The van der Waals surface area contributed by atoms with Gasteiger partial charge < -0.3 is 31.5 Å². The molecule has 1 rings (SSSR count). The highest BCUT2D eigenvalue weighted by atomic mass is 16.3. The number of aliphatic imine (C=N–C) groups is 1. The lowest BCUT2D eigenvalue weighted by Gasteiger charge is -2.45. The third-order valence-corrected chi connectivity index (χ3v) is 14.2. The van der Waals surface area contributed by atoms with Gasteiger partial charge in [0.2, 0.25) is 5.91 Å². The number of hydrogen-bond acceptors (Lipinski definition) is 5. The quantitative estimate of drug-likeness (QED) is 0.0179. The molecule has 0 aromatic rings. The number of Topliss-reactive ketones (excluding diaryl/α,β-unsaturated/α-hetero) is 1. The molecule has 0 bridgehead atoms. The van der Waals surface area contributed by atoms with Gasteiger partial charge in [0.25, 0.3) is 0 Å². The normalized spacial score (nSPS) is 19.3. The number of likely N-dealkylation sites (N-methyl/N-ethyl adjacent to an activating group) is 1. The van der Waals surface area contributed by atoms with E-state index in [1.807, 2.05) is 0 Å². The number of aliphatic hydroxyl groups is 2. The molecule has 9 heteroatoms. The van der Waals surface area contributed by atoms with Crippen molar-refractivity contribution in [1.29, 1.82) is 0 Å². The number of hydrogen-bond donors (Lipinski definition) is 5. The summed E-state index contributed by atoms with van der Waals surface area (Å²) in [6.45, 7) is 13.1. The van der Waals surface area contributed by atoms with Crippen LogP contribution in [-0.2, 0) is 9.59 Å². The average molecular weight is 847 g/mol. The first-order valence-electron chi connectivity index (χ1n) is 25.6. The van der Waals surface area contributed by atoms with E-state index in [2.05, 4.69) is 45.1 Å². The third kappa shape index (κ3) is 25.8. The molecule has 0 spiro atoms. The zero-order valence-electron chi connectivity index (χ0n) is 40.3. The maximum absolute atomic E-state index is 13.9. The molecule has 2 unspecified atom stereocenters. The SMILES string of the molecule is CCCCCCCCCCCCCCC(C)[N+](C)(CCNC(=O)[C@H](CCCCN=C(N)N)CC(=O)C1=C[C@@H](O)[C@@H](C)[C@H](O)C1)C(C)CCCCCCCCCCCCCC. The van der Waals surface area contributed by atoms with Gasteiger partial charge in [-0.05, 0) is 64.0 Å². The van der Waals surface area contributed by atoms with Gasteiger partial charge in [-0.2, -0.15) is 0 Å². The van der Waals surface area contributed by atoms with E-state index in [1.165, 1.54) is 167 Å². The van der Waals surface area contributed by atoms with Crippen molar-refractivity contribution in [2.24, 2.45) is 28.3 Å². The van der Waals surface area contributed by atoms with Crippen molar-refractivity contribution in [2.45, 2.75) is 258 Å². The van der Waals surface area contributed by atoms with Crippen LogP contribution in [0.15, 0.2) is 16.6 Å². The van der Waals surface area contributed by atoms with Gasteiger partial charge in [0.05, 0.1) is 44.4 Å². The maximum Gasteiger partial charge on any atom is 0.223 e. The number of nitrogens with two attached hydrogens (primary N) is 2. The largest absolute Gasteiger partial charge is 0.392 e. The summed E-state index contributed by atoms with van der Waals surface area (Å²) in [7, 11) is 2.42. The van der Waals surface area contributed by atoms with Gasteiger partial charge in [-0.25, -0.2) is 0 Å². The maximum atomic E-state index is 13.9. The molecular weight excluding hydrogens is 747 g/mol. The molecule has 0 aromatic carbocycles. The zero-order chi connectivity index (χ0) is 44.4. The number of nitrogens with one attached hydrogen (secondary N) is 1. The van der Waals surface area contributed by atoms with Crippen LogP contribution in [0.4, 0.5) is 0 Å². The second-order valence-corrected chi connectivity index (χ2v) is 19.4. The van der Waals surface area contributed by atoms with Crippen molar-refractivity contribution in [3.8, 4) is 0 Å². The number of rotatable bonds is 40. The van der Waals surface area contributed by atoms with E-state index < -0.39 is 18.1 Å². The molecule has 1 amide bonds. The van der Waals surface area contributed by atoms with Gasteiger partial charge in [0, 0.05) is 31.2 Å². The summed E-state index contributed by atoms with van der Waals surface area (Å²) >= 11 is 0. The van der Waals surface area contributed by atoms with Gasteiger partial charge in [-0.15, -0.1) is 0 Å². The molecule has 0 saturated carbocycles. The number of quaternary nitrogens is 1. The van der Waals surface area contributed by atoms with E-state index >= 15 is 0 Å². The number of nitrogens with zero attached hydrogens (tertiary/aromatic N) is 2. The first-order chi connectivity index (χ1) is 28.9. The minimum Gasteiger partial charge on any atom is -0.392 e. The first kappa shape index (κ1) is 56.0. The number of ketones is 1. The van der Waals surface area contributed by atoms with Crippen LogP contribution in [0.3, 0.4) is 0 Å².